The number of carboxylic acid groups (broad SMARTS) is 1. The Bertz CT molecular complexity index is 956. The Morgan fingerprint density at radius 1 is 1.27 bits per heavy atom. The third-order valence-corrected chi connectivity index (χ3v) is 6.09. The van der Waals surface area contributed by atoms with Crippen LogP contribution in [0.4, 0.5) is 0 Å². The molecule has 2 N–H and O–H groups in total. The van der Waals surface area contributed by atoms with Crippen LogP contribution in [0.2, 0.25) is 0 Å². The zero-order chi connectivity index (χ0) is 21.3. The predicted molar refractivity (Wildman–Crippen MR) is 106 cm³/mol. The van der Waals surface area contributed by atoms with Gasteiger partial charge in [-0.15, -0.1) is 0 Å². The number of aliphatic carboxylic acids is 1. The summed E-state index contributed by atoms with van der Waals surface area (Å²) in [6, 6.07) is 9.07. The lowest BCUT2D eigenvalue weighted by Gasteiger charge is -2.38. The molecule has 1 aromatic heterocycles. The number of ether oxygens (including phenoxy) is 1. The van der Waals surface area contributed by atoms with Crippen molar-refractivity contribution in [2.75, 3.05) is 13.7 Å². The molecule has 0 unspecified atom stereocenters. The molecule has 2 aliphatic heterocycles. The van der Waals surface area contributed by atoms with Gasteiger partial charge in [0, 0.05) is 12.1 Å². The van der Waals surface area contributed by atoms with Gasteiger partial charge in [0.1, 0.15) is 23.1 Å². The maximum absolute atomic E-state index is 13.8. The maximum Gasteiger partial charge on any atom is 0.309 e. The molecule has 0 saturated carbocycles. The van der Waals surface area contributed by atoms with Gasteiger partial charge >= 0.3 is 5.97 Å². The number of carbonyl (C=O) groups excluding carboxylic acids is 2. The van der Waals surface area contributed by atoms with Crippen LogP contribution in [0.5, 0.6) is 5.75 Å². The summed E-state index contributed by atoms with van der Waals surface area (Å²) in [5, 5.41) is 12.9. The molecule has 2 saturated heterocycles. The molecule has 2 fully saturated rings. The maximum atomic E-state index is 13.8. The summed E-state index contributed by atoms with van der Waals surface area (Å²) >= 11 is 0. The first kappa shape index (κ1) is 20.0. The molecule has 2 amide bonds. The molecule has 2 aromatic rings. The highest BCUT2D eigenvalue weighted by Crippen LogP contribution is 2.50. The van der Waals surface area contributed by atoms with E-state index in [0.29, 0.717) is 36.5 Å². The van der Waals surface area contributed by atoms with Crippen molar-refractivity contribution in [2.24, 2.45) is 5.92 Å². The fourth-order valence-electron chi connectivity index (χ4n) is 4.69. The van der Waals surface area contributed by atoms with Crippen molar-refractivity contribution < 1.29 is 28.6 Å². The molecular formula is C22H24N2O6. The van der Waals surface area contributed by atoms with Crippen LogP contribution in [0.25, 0.3) is 0 Å². The Morgan fingerprint density at radius 3 is 2.80 bits per heavy atom. The number of carboxylic acids is 1. The average molecular weight is 412 g/mol. The number of methoxy groups -OCH3 is 1. The Morgan fingerprint density at radius 2 is 2.10 bits per heavy atom. The van der Waals surface area contributed by atoms with Gasteiger partial charge in [0.05, 0.1) is 19.3 Å². The number of hydrogen-bond donors (Lipinski definition) is 2. The quantitative estimate of drug-likeness (QED) is 0.799. The normalized spacial score (nSPS) is 26.3. The van der Waals surface area contributed by atoms with Crippen molar-refractivity contribution in [1.82, 2.24) is 10.2 Å². The van der Waals surface area contributed by atoms with Crippen LogP contribution in [0, 0.1) is 5.92 Å². The molecule has 30 heavy (non-hydrogen) atoms. The first-order valence-corrected chi connectivity index (χ1v) is 10.00. The van der Waals surface area contributed by atoms with Gasteiger partial charge in [-0.3, -0.25) is 14.4 Å². The average Bonchev–Trinajstić information content (AvgIpc) is 3.35. The van der Waals surface area contributed by atoms with E-state index in [9.17, 15) is 19.5 Å². The number of likely N-dealkylation sites (tertiary alicyclic amines) is 1. The number of furan rings is 1. The molecule has 1 aromatic carbocycles. The van der Waals surface area contributed by atoms with Crippen molar-refractivity contribution in [2.45, 2.75) is 37.3 Å². The Kier molecular flexibility index (Phi) is 5.24. The van der Waals surface area contributed by atoms with Crippen LogP contribution >= 0.6 is 0 Å². The number of amides is 2. The second-order valence-corrected chi connectivity index (χ2v) is 7.76. The molecule has 0 aliphatic carbocycles. The summed E-state index contributed by atoms with van der Waals surface area (Å²) in [6.07, 6.45) is 3.36. The Hall–Kier alpha value is -3.29. The molecule has 4 rings (SSSR count). The highest BCUT2D eigenvalue weighted by Gasteiger charge is 2.61. The van der Waals surface area contributed by atoms with Gasteiger partial charge in [-0.05, 0) is 56.0 Å². The van der Waals surface area contributed by atoms with Gasteiger partial charge in [-0.25, -0.2) is 0 Å². The van der Waals surface area contributed by atoms with Crippen molar-refractivity contribution in [3.05, 3.63) is 54.0 Å². The molecule has 8 heteroatoms. The summed E-state index contributed by atoms with van der Waals surface area (Å²) in [7, 11) is 1.51. The van der Waals surface area contributed by atoms with Gasteiger partial charge < -0.3 is 24.5 Å². The van der Waals surface area contributed by atoms with Crippen LogP contribution in [0.1, 0.15) is 47.8 Å². The molecular weight excluding hydrogens is 388 g/mol. The van der Waals surface area contributed by atoms with Crippen molar-refractivity contribution in [3.8, 4) is 5.75 Å². The van der Waals surface area contributed by atoms with Crippen molar-refractivity contribution in [1.29, 1.82) is 0 Å². The highest BCUT2D eigenvalue weighted by atomic mass is 16.5. The fraction of sp³-hybridized carbons (Fsp3) is 0.409. The van der Waals surface area contributed by atoms with Gasteiger partial charge in [0.15, 0.2) is 0 Å². The van der Waals surface area contributed by atoms with E-state index < -0.39 is 29.4 Å². The van der Waals surface area contributed by atoms with Gasteiger partial charge in [0.25, 0.3) is 5.91 Å². The summed E-state index contributed by atoms with van der Waals surface area (Å²) < 4.78 is 10.8. The van der Waals surface area contributed by atoms with E-state index in [1.807, 2.05) is 0 Å². The topological polar surface area (TPSA) is 109 Å². The third-order valence-electron chi connectivity index (χ3n) is 6.09. The molecule has 8 nitrogen and oxygen atoms in total. The van der Waals surface area contributed by atoms with Crippen molar-refractivity contribution >= 4 is 17.8 Å². The van der Waals surface area contributed by atoms with E-state index in [2.05, 4.69) is 5.32 Å². The number of rotatable bonds is 4. The van der Waals surface area contributed by atoms with Crippen molar-refractivity contribution in [3.63, 3.8) is 0 Å². The second-order valence-electron chi connectivity index (χ2n) is 7.76. The first-order valence-electron chi connectivity index (χ1n) is 10.00. The molecule has 0 bridgehead atoms. The lowest BCUT2D eigenvalue weighted by molar-refractivity contribution is -0.142. The van der Waals surface area contributed by atoms with Gasteiger partial charge in [-0.2, -0.15) is 0 Å². The Balaban J connectivity index is 1.88. The summed E-state index contributed by atoms with van der Waals surface area (Å²) in [4.78, 5) is 40.7. The fourth-order valence-corrected chi connectivity index (χ4v) is 4.69. The van der Waals surface area contributed by atoms with Crippen LogP contribution < -0.4 is 10.1 Å². The molecule has 3 heterocycles. The van der Waals surface area contributed by atoms with E-state index >= 15 is 0 Å². The smallest absolute Gasteiger partial charge is 0.309 e. The minimum Gasteiger partial charge on any atom is -0.497 e. The SMILES string of the molecule is COc1cccc(C(=O)N2[C@@H](c3ccco3)[C@@H](C(=O)O)C[C@]23CCCCNC3=O)c1. The second kappa shape index (κ2) is 7.85. The number of nitrogens with one attached hydrogen (secondary N) is 1. The lowest BCUT2D eigenvalue weighted by Crippen LogP contribution is -2.57. The monoisotopic (exact) mass is 412 g/mol. The third kappa shape index (κ3) is 3.22. The van der Waals surface area contributed by atoms with Crippen LogP contribution in [-0.4, -0.2) is 47.0 Å². The molecule has 3 atom stereocenters. The van der Waals surface area contributed by atoms with Crippen LogP contribution in [-0.2, 0) is 9.59 Å². The number of carbonyl (C=O) groups is 3. The predicted octanol–water partition coefficient (Wildman–Crippen LogP) is 2.62. The van der Waals surface area contributed by atoms with E-state index in [4.69, 9.17) is 9.15 Å². The molecule has 158 valence electrons. The van der Waals surface area contributed by atoms with Gasteiger partial charge in [-0.1, -0.05) is 6.07 Å². The summed E-state index contributed by atoms with van der Waals surface area (Å²) in [6.45, 7) is 0.505. The number of nitrogens with zero attached hydrogens (tertiary/aromatic N) is 1. The standard InChI is InChI=1S/C22H24N2O6/c1-29-15-7-4-6-14(12-15)19(25)24-18(17-8-5-11-30-17)16(20(26)27)13-22(24)9-2-3-10-23-21(22)28/h4-8,11-12,16,18H,2-3,9-10,13H2,1H3,(H,23,28)(H,26,27)/t16-,18+,22-/m0/s1. The molecule has 1 spiro atoms. The van der Waals surface area contributed by atoms with E-state index in [1.165, 1.54) is 18.3 Å². The van der Waals surface area contributed by atoms with E-state index in [1.54, 1.807) is 36.4 Å². The number of hydrogen-bond acceptors (Lipinski definition) is 5. The highest BCUT2D eigenvalue weighted by molar-refractivity contribution is 6.01. The largest absolute Gasteiger partial charge is 0.497 e. The van der Waals surface area contributed by atoms with Crippen LogP contribution in [0.15, 0.2) is 47.1 Å². The minimum absolute atomic E-state index is 0.0369. The molecule has 0 radical (unpaired) electrons. The zero-order valence-corrected chi connectivity index (χ0v) is 16.7. The Labute approximate surface area is 173 Å². The van der Waals surface area contributed by atoms with E-state index in [0.717, 1.165) is 6.42 Å². The van der Waals surface area contributed by atoms with E-state index in [-0.39, 0.29) is 12.3 Å². The molecule has 2 aliphatic rings. The minimum atomic E-state index is -1.25. The van der Waals surface area contributed by atoms with Gasteiger partial charge in [0.2, 0.25) is 5.91 Å². The zero-order valence-electron chi connectivity index (χ0n) is 16.7. The number of benzene rings is 1. The van der Waals surface area contributed by atoms with Crippen LogP contribution in [0.3, 0.4) is 0 Å². The summed E-state index contributed by atoms with van der Waals surface area (Å²) in [5.41, 5.74) is -0.926. The summed E-state index contributed by atoms with van der Waals surface area (Å²) in [5.74, 6) is -1.90. The first-order chi connectivity index (χ1) is 14.5. The lowest BCUT2D eigenvalue weighted by atomic mass is 9.86.